The van der Waals surface area contributed by atoms with Crippen LogP contribution in [0.4, 0.5) is 0 Å². The minimum Gasteiger partial charge on any atom is -0.310 e. The highest BCUT2D eigenvalue weighted by atomic mass is 16.2. The summed E-state index contributed by atoms with van der Waals surface area (Å²) in [7, 11) is 0. The van der Waals surface area contributed by atoms with Gasteiger partial charge in [0.15, 0.2) is 5.54 Å². The Morgan fingerprint density at radius 2 is 1.80 bits per heavy atom. The molecule has 0 radical (unpaired) electrons. The monoisotopic (exact) mass is 402 g/mol. The van der Waals surface area contributed by atoms with Crippen LogP contribution >= 0.6 is 0 Å². The van der Waals surface area contributed by atoms with Crippen LogP contribution in [0.15, 0.2) is 42.7 Å². The van der Waals surface area contributed by atoms with E-state index in [0.29, 0.717) is 5.56 Å². The van der Waals surface area contributed by atoms with Gasteiger partial charge in [-0.2, -0.15) is 0 Å². The van der Waals surface area contributed by atoms with Gasteiger partial charge in [-0.15, -0.1) is 0 Å². The third-order valence-electron chi connectivity index (χ3n) is 4.97. The van der Waals surface area contributed by atoms with Gasteiger partial charge in [0.2, 0.25) is 0 Å². The van der Waals surface area contributed by atoms with E-state index in [4.69, 9.17) is 0 Å². The summed E-state index contributed by atoms with van der Waals surface area (Å²) in [6, 6.07) is 7.38. The molecule has 0 fully saturated rings. The van der Waals surface area contributed by atoms with Crippen molar-refractivity contribution in [2.45, 2.75) is 19.0 Å². The Labute approximate surface area is 170 Å². The molecule has 0 saturated carbocycles. The molecule has 1 aromatic heterocycles. The van der Waals surface area contributed by atoms with Gasteiger partial charge in [-0.05, 0) is 42.7 Å². The second-order valence-corrected chi connectivity index (χ2v) is 6.89. The van der Waals surface area contributed by atoms with Crippen molar-refractivity contribution in [3.05, 3.63) is 65.0 Å². The zero-order valence-corrected chi connectivity index (χ0v) is 15.7. The number of imide groups is 2. The number of hydrogen-bond acceptors (Lipinski definition) is 6. The fourth-order valence-corrected chi connectivity index (χ4v) is 3.24. The maximum Gasteiger partial charge on any atom is 0.302 e. The number of nitrogens with one attached hydrogen (secondary N) is 2. The molecule has 1 atom stereocenters. The number of carbonyl (C=O) groups excluding carboxylic acids is 5. The molecule has 5 amide bonds. The minimum absolute atomic E-state index is 0.0960. The highest BCUT2D eigenvalue weighted by Crippen LogP contribution is 2.31. The fourth-order valence-electron chi connectivity index (χ4n) is 3.24. The average Bonchev–Trinajstić information content (AvgIpc) is 3.08. The Balaban J connectivity index is 1.57. The first-order chi connectivity index (χ1) is 14.3. The summed E-state index contributed by atoms with van der Waals surface area (Å²) in [5.74, 6) is 1.65. The Bertz CT molecular complexity index is 1190. The lowest BCUT2D eigenvalue weighted by Gasteiger charge is -2.33. The molecule has 2 aliphatic rings. The van der Waals surface area contributed by atoms with E-state index in [1.807, 2.05) is 0 Å². The summed E-state index contributed by atoms with van der Waals surface area (Å²) in [4.78, 5) is 66.2. The van der Waals surface area contributed by atoms with Crippen LogP contribution in [0.25, 0.3) is 0 Å². The van der Waals surface area contributed by atoms with Crippen molar-refractivity contribution in [1.82, 2.24) is 20.5 Å². The third-order valence-corrected chi connectivity index (χ3v) is 4.97. The quantitative estimate of drug-likeness (QED) is 0.551. The number of aromatic nitrogens is 1. The lowest BCUT2D eigenvalue weighted by Crippen LogP contribution is -2.59. The number of fused-ring (bicyclic) bond motifs is 1. The molecule has 4 rings (SSSR count). The van der Waals surface area contributed by atoms with Crippen molar-refractivity contribution in [2.75, 3.05) is 0 Å². The van der Waals surface area contributed by atoms with Crippen molar-refractivity contribution in [1.29, 1.82) is 0 Å². The molecule has 2 aromatic rings. The zero-order chi connectivity index (χ0) is 21.5. The van der Waals surface area contributed by atoms with Gasteiger partial charge >= 0.3 is 5.91 Å². The number of benzene rings is 1. The van der Waals surface area contributed by atoms with E-state index in [0.717, 1.165) is 0 Å². The first kappa shape index (κ1) is 19.0. The molecule has 148 valence electrons. The molecule has 2 aliphatic heterocycles. The Kier molecular flexibility index (Phi) is 4.39. The van der Waals surface area contributed by atoms with Crippen LogP contribution in [-0.2, 0) is 16.1 Å². The van der Waals surface area contributed by atoms with Gasteiger partial charge in [0.25, 0.3) is 23.6 Å². The number of hydrogen-bond donors (Lipinski definition) is 2. The molecule has 2 N–H and O–H groups in total. The van der Waals surface area contributed by atoms with E-state index >= 15 is 0 Å². The van der Waals surface area contributed by atoms with Gasteiger partial charge in [0, 0.05) is 35.6 Å². The van der Waals surface area contributed by atoms with Crippen molar-refractivity contribution >= 4 is 29.5 Å². The fraction of sp³-hybridized carbons (Fsp3) is 0.143. The van der Waals surface area contributed by atoms with Crippen molar-refractivity contribution in [3.63, 3.8) is 0 Å². The molecule has 9 heteroatoms. The molecule has 30 heavy (non-hydrogen) atoms. The van der Waals surface area contributed by atoms with Gasteiger partial charge < -0.3 is 4.90 Å². The maximum atomic E-state index is 12.9. The molecule has 0 unspecified atom stereocenters. The highest BCUT2D eigenvalue weighted by Gasteiger charge is 2.47. The van der Waals surface area contributed by atoms with Crippen LogP contribution in [-0.4, -0.2) is 45.0 Å². The predicted molar refractivity (Wildman–Crippen MR) is 102 cm³/mol. The van der Waals surface area contributed by atoms with E-state index in [9.17, 15) is 24.0 Å². The van der Waals surface area contributed by atoms with Gasteiger partial charge in [-0.25, -0.2) is 0 Å². The molecule has 9 nitrogen and oxygen atoms in total. The third kappa shape index (κ3) is 3.10. The topological polar surface area (TPSA) is 126 Å². The van der Waals surface area contributed by atoms with Crippen LogP contribution in [0.2, 0.25) is 0 Å². The number of nitrogens with zero attached hydrogens (tertiary/aromatic N) is 2. The summed E-state index contributed by atoms with van der Waals surface area (Å²) in [6.07, 6.45) is 2.86. The lowest BCUT2D eigenvalue weighted by atomic mass is 9.97. The second kappa shape index (κ2) is 6.93. The summed E-state index contributed by atoms with van der Waals surface area (Å²) >= 11 is 0. The summed E-state index contributed by atoms with van der Waals surface area (Å²) < 4.78 is 0. The Hall–Kier alpha value is -4.32. The van der Waals surface area contributed by atoms with E-state index in [1.54, 1.807) is 6.07 Å². The van der Waals surface area contributed by atoms with Crippen LogP contribution in [0.1, 0.15) is 43.6 Å². The smallest absolute Gasteiger partial charge is 0.302 e. The maximum absolute atomic E-state index is 12.9. The van der Waals surface area contributed by atoms with Gasteiger partial charge in [-0.1, -0.05) is 12.0 Å². The molecular formula is C21H14N4O5. The first-order valence-electron chi connectivity index (χ1n) is 8.89. The predicted octanol–water partition coefficient (Wildman–Crippen LogP) is 0.0261. The van der Waals surface area contributed by atoms with Crippen LogP contribution in [0, 0.1) is 11.8 Å². The molecule has 0 bridgehead atoms. The number of pyridine rings is 1. The minimum atomic E-state index is -1.51. The summed E-state index contributed by atoms with van der Waals surface area (Å²) in [6.45, 7) is 1.55. The second-order valence-electron chi connectivity index (χ2n) is 6.89. The van der Waals surface area contributed by atoms with E-state index in [2.05, 4.69) is 27.5 Å². The van der Waals surface area contributed by atoms with Crippen LogP contribution < -0.4 is 10.6 Å². The van der Waals surface area contributed by atoms with E-state index in [-0.39, 0.29) is 23.2 Å². The SMILES string of the molecule is C[C@]1(N2Cc3ccc(C(=O)NC(=O)c4ccncc4)cc3C2=O)C#CC(=O)NC1=O. The number of carbonyl (C=O) groups is 5. The Morgan fingerprint density at radius 3 is 2.50 bits per heavy atom. The number of amides is 5. The van der Waals surface area contributed by atoms with E-state index < -0.39 is 35.1 Å². The summed E-state index contributed by atoms with van der Waals surface area (Å²) in [5.41, 5.74) is -0.294. The van der Waals surface area contributed by atoms with Crippen LogP contribution in [0.3, 0.4) is 0 Å². The van der Waals surface area contributed by atoms with Gasteiger partial charge in [-0.3, -0.25) is 39.6 Å². The molecule has 0 aliphatic carbocycles. The van der Waals surface area contributed by atoms with E-state index in [1.165, 1.54) is 48.5 Å². The average molecular weight is 402 g/mol. The molecule has 3 heterocycles. The highest BCUT2D eigenvalue weighted by molar-refractivity contribution is 6.15. The largest absolute Gasteiger partial charge is 0.310 e. The summed E-state index contributed by atoms with van der Waals surface area (Å²) in [5, 5.41) is 4.37. The van der Waals surface area contributed by atoms with Gasteiger partial charge in [0.05, 0.1) is 0 Å². The molecular weight excluding hydrogens is 388 g/mol. The van der Waals surface area contributed by atoms with Crippen molar-refractivity contribution < 1.29 is 24.0 Å². The van der Waals surface area contributed by atoms with Gasteiger partial charge in [0.1, 0.15) is 0 Å². The molecule has 1 aromatic carbocycles. The van der Waals surface area contributed by atoms with Crippen molar-refractivity contribution in [3.8, 4) is 11.8 Å². The first-order valence-corrected chi connectivity index (χ1v) is 8.89. The lowest BCUT2D eigenvalue weighted by molar-refractivity contribution is -0.133. The zero-order valence-electron chi connectivity index (χ0n) is 15.7. The van der Waals surface area contributed by atoms with Crippen LogP contribution in [0.5, 0.6) is 0 Å². The normalized spacial score (nSPS) is 19.5. The Morgan fingerprint density at radius 1 is 1.10 bits per heavy atom. The standard InChI is InChI=1S/C21H14N4O5/c1-21(7-4-16(26)23-20(21)30)25-11-14-3-2-13(10-15(14)19(25)29)18(28)24-17(27)12-5-8-22-9-6-12/h2-3,5-6,8-10H,11H2,1H3,(H,23,26,30)(H,24,27,28)/t21-/m0/s1. The van der Waals surface area contributed by atoms with Crippen molar-refractivity contribution in [2.24, 2.45) is 0 Å². The molecule has 0 saturated heterocycles. The number of rotatable bonds is 3. The molecule has 0 spiro atoms.